The molecule has 0 radical (unpaired) electrons. The van der Waals surface area contributed by atoms with Crippen LogP contribution in [0.4, 0.5) is 5.69 Å². The molecule has 0 saturated carbocycles. The van der Waals surface area contributed by atoms with E-state index in [-0.39, 0.29) is 17.2 Å². The van der Waals surface area contributed by atoms with Crippen LogP contribution in [0.3, 0.4) is 0 Å². The number of anilines is 1. The second-order valence-electron chi connectivity index (χ2n) is 4.25. The molecule has 0 saturated heterocycles. The monoisotopic (exact) mass is 355 g/mol. The van der Waals surface area contributed by atoms with Crippen molar-refractivity contribution in [1.29, 1.82) is 0 Å². The van der Waals surface area contributed by atoms with E-state index in [1.165, 1.54) is 6.07 Å². The highest BCUT2D eigenvalue weighted by Crippen LogP contribution is 2.24. The maximum atomic E-state index is 12.1. The van der Waals surface area contributed by atoms with Gasteiger partial charge in [0.2, 0.25) is 9.84 Å². The highest BCUT2D eigenvalue weighted by molar-refractivity contribution is 9.10. The maximum absolute atomic E-state index is 12.1. The molecule has 2 rings (SSSR count). The summed E-state index contributed by atoms with van der Waals surface area (Å²) in [7, 11) is -3.55. The van der Waals surface area contributed by atoms with Crippen molar-refractivity contribution in [1.82, 2.24) is 0 Å². The van der Waals surface area contributed by atoms with Crippen molar-refractivity contribution < 1.29 is 13.2 Å². The molecule has 0 amide bonds. The first-order valence-corrected chi connectivity index (χ1v) is 8.33. The standard InChI is InChI=1S/C14H14BrNO3S/c15-12-6-7-14(13(16)8-12)20(17,18)10-19-9-11-4-2-1-3-5-11/h1-8H,9-10,16H2. The van der Waals surface area contributed by atoms with E-state index in [4.69, 9.17) is 10.5 Å². The molecule has 0 unspecified atom stereocenters. The lowest BCUT2D eigenvalue weighted by atomic mass is 10.2. The lowest BCUT2D eigenvalue weighted by Crippen LogP contribution is -2.12. The molecule has 0 aromatic heterocycles. The van der Waals surface area contributed by atoms with E-state index in [2.05, 4.69) is 15.9 Å². The van der Waals surface area contributed by atoms with Crippen molar-refractivity contribution in [2.24, 2.45) is 0 Å². The van der Waals surface area contributed by atoms with Gasteiger partial charge in [-0.3, -0.25) is 0 Å². The number of sulfone groups is 1. The Morgan fingerprint density at radius 2 is 1.80 bits per heavy atom. The molecule has 20 heavy (non-hydrogen) atoms. The topological polar surface area (TPSA) is 69.4 Å². The van der Waals surface area contributed by atoms with E-state index >= 15 is 0 Å². The highest BCUT2D eigenvalue weighted by atomic mass is 79.9. The van der Waals surface area contributed by atoms with Crippen LogP contribution in [0.2, 0.25) is 0 Å². The quantitative estimate of drug-likeness (QED) is 0.837. The van der Waals surface area contributed by atoms with Gasteiger partial charge < -0.3 is 10.5 Å². The first-order valence-electron chi connectivity index (χ1n) is 5.88. The Morgan fingerprint density at radius 1 is 1.10 bits per heavy atom. The molecule has 0 atom stereocenters. The van der Waals surface area contributed by atoms with Crippen molar-refractivity contribution >= 4 is 31.5 Å². The van der Waals surface area contributed by atoms with Crippen LogP contribution in [-0.4, -0.2) is 14.4 Å². The molecule has 0 heterocycles. The summed E-state index contributed by atoms with van der Waals surface area (Å²) in [6, 6.07) is 14.1. The zero-order valence-corrected chi connectivity index (χ0v) is 13.0. The van der Waals surface area contributed by atoms with Gasteiger partial charge in [0.05, 0.1) is 17.2 Å². The molecule has 106 valence electrons. The molecule has 2 aromatic rings. The van der Waals surface area contributed by atoms with Crippen LogP contribution in [0.1, 0.15) is 5.56 Å². The number of nitrogens with two attached hydrogens (primary N) is 1. The lowest BCUT2D eigenvalue weighted by molar-refractivity contribution is 0.163. The average molecular weight is 356 g/mol. The molecule has 0 spiro atoms. The van der Waals surface area contributed by atoms with Gasteiger partial charge in [0.25, 0.3) is 0 Å². The second-order valence-corrected chi connectivity index (χ2v) is 7.07. The Labute approximate surface area is 126 Å². The van der Waals surface area contributed by atoms with Crippen molar-refractivity contribution in [2.75, 3.05) is 11.7 Å². The summed E-state index contributed by atoms with van der Waals surface area (Å²) in [6.45, 7) is 0.247. The predicted molar refractivity (Wildman–Crippen MR) is 81.8 cm³/mol. The Bertz CT molecular complexity index is 687. The Balaban J connectivity index is 2.04. The van der Waals surface area contributed by atoms with Crippen LogP contribution < -0.4 is 5.73 Å². The van der Waals surface area contributed by atoms with Crippen molar-refractivity contribution in [3.8, 4) is 0 Å². The van der Waals surface area contributed by atoms with E-state index in [1.54, 1.807) is 12.1 Å². The molecule has 2 N–H and O–H groups in total. The maximum Gasteiger partial charge on any atom is 0.204 e. The van der Waals surface area contributed by atoms with E-state index in [0.29, 0.717) is 0 Å². The van der Waals surface area contributed by atoms with Crippen LogP contribution in [0.25, 0.3) is 0 Å². The number of hydrogen-bond donors (Lipinski definition) is 1. The zero-order valence-electron chi connectivity index (χ0n) is 10.6. The highest BCUT2D eigenvalue weighted by Gasteiger charge is 2.18. The van der Waals surface area contributed by atoms with Gasteiger partial charge in [0.15, 0.2) is 5.94 Å². The number of benzene rings is 2. The fourth-order valence-corrected chi connectivity index (χ4v) is 3.21. The third kappa shape index (κ3) is 3.82. The van der Waals surface area contributed by atoms with E-state index in [1.807, 2.05) is 30.3 Å². The van der Waals surface area contributed by atoms with Gasteiger partial charge in [0.1, 0.15) is 0 Å². The van der Waals surface area contributed by atoms with Gasteiger partial charge in [-0.1, -0.05) is 46.3 Å². The van der Waals surface area contributed by atoms with Gasteiger partial charge >= 0.3 is 0 Å². The van der Waals surface area contributed by atoms with Crippen LogP contribution >= 0.6 is 15.9 Å². The van der Waals surface area contributed by atoms with E-state index in [0.717, 1.165) is 10.0 Å². The minimum absolute atomic E-state index is 0.0914. The first-order chi connectivity index (χ1) is 9.49. The Hall–Kier alpha value is -1.37. The average Bonchev–Trinajstić information content (AvgIpc) is 2.39. The predicted octanol–water partition coefficient (Wildman–Crippen LogP) is 2.98. The van der Waals surface area contributed by atoms with Crippen molar-refractivity contribution in [3.63, 3.8) is 0 Å². The molecule has 0 aliphatic heterocycles. The SMILES string of the molecule is Nc1cc(Br)ccc1S(=O)(=O)COCc1ccccc1. The van der Waals surface area contributed by atoms with Crippen molar-refractivity contribution in [2.45, 2.75) is 11.5 Å². The molecule has 4 nitrogen and oxygen atoms in total. The van der Waals surface area contributed by atoms with E-state index in [9.17, 15) is 8.42 Å². The molecule has 0 bridgehead atoms. The van der Waals surface area contributed by atoms with Crippen LogP contribution in [0.15, 0.2) is 57.9 Å². The summed E-state index contributed by atoms with van der Waals surface area (Å²) >= 11 is 3.24. The molecular formula is C14H14BrNO3S. The van der Waals surface area contributed by atoms with Crippen molar-refractivity contribution in [3.05, 3.63) is 58.6 Å². The fraction of sp³-hybridized carbons (Fsp3) is 0.143. The van der Waals surface area contributed by atoms with Gasteiger partial charge in [-0.15, -0.1) is 0 Å². The Morgan fingerprint density at radius 3 is 2.45 bits per heavy atom. The van der Waals surface area contributed by atoms with Gasteiger partial charge in [-0.2, -0.15) is 0 Å². The summed E-state index contributed by atoms with van der Waals surface area (Å²) < 4.78 is 30.3. The largest absolute Gasteiger partial charge is 0.398 e. The fourth-order valence-electron chi connectivity index (χ4n) is 1.71. The smallest absolute Gasteiger partial charge is 0.204 e. The summed E-state index contributed by atoms with van der Waals surface area (Å²) in [6.07, 6.45) is 0. The second kappa shape index (κ2) is 6.39. The minimum Gasteiger partial charge on any atom is -0.398 e. The lowest BCUT2D eigenvalue weighted by Gasteiger charge is -2.09. The Kier molecular flexibility index (Phi) is 4.80. The third-order valence-electron chi connectivity index (χ3n) is 2.66. The summed E-state index contributed by atoms with van der Waals surface area (Å²) in [4.78, 5) is 0.0914. The minimum atomic E-state index is -3.55. The molecule has 0 aliphatic rings. The first kappa shape index (κ1) is 15.0. The number of ether oxygens (including phenoxy) is 1. The number of nitrogen functional groups attached to an aromatic ring is 1. The molecule has 0 aliphatic carbocycles. The summed E-state index contributed by atoms with van der Waals surface area (Å²) in [5.41, 5.74) is 6.86. The third-order valence-corrected chi connectivity index (χ3v) is 4.67. The van der Waals surface area contributed by atoms with Crippen LogP contribution in [0, 0.1) is 0 Å². The summed E-state index contributed by atoms with van der Waals surface area (Å²) in [5, 5.41) is 0. The van der Waals surface area contributed by atoms with E-state index < -0.39 is 15.8 Å². The number of halogens is 1. The summed E-state index contributed by atoms with van der Waals surface area (Å²) in [5.74, 6) is -0.395. The molecule has 0 fully saturated rings. The van der Waals surface area contributed by atoms with Crippen LogP contribution in [0.5, 0.6) is 0 Å². The number of rotatable bonds is 5. The molecular weight excluding hydrogens is 342 g/mol. The number of hydrogen-bond acceptors (Lipinski definition) is 4. The van der Waals surface area contributed by atoms with Gasteiger partial charge in [-0.05, 0) is 23.8 Å². The normalized spacial score (nSPS) is 11.4. The van der Waals surface area contributed by atoms with Gasteiger partial charge in [0, 0.05) is 4.47 Å². The molecule has 2 aromatic carbocycles. The molecule has 6 heteroatoms. The van der Waals surface area contributed by atoms with Crippen LogP contribution in [-0.2, 0) is 21.2 Å². The zero-order chi connectivity index (χ0) is 14.6. The van der Waals surface area contributed by atoms with Gasteiger partial charge in [-0.25, -0.2) is 8.42 Å².